The van der Waals surface area contributed by atoms with Crippen molar-refractivity contribution in [1.82, 2.24) is 10.3 Å². The van der Waals surface area contributed by atoms with Crippen LogP contribution < -0.4 is 5.32 Å². The van der Waals surface area contributed by atoms with Gasteiger partial charge in [0.2, 0.25) is 0 Å². The second-order valence-corrected chi connectivity index (χ2v) is 7.22. The van der Waals surface area contributed by atoms with E-state index >= 15 is 0 Å². The Morgan fingerprint density at radius 2 is 1.60 bits per heavy atom. The molecule has 6 nitrogen and oxygen atoms in total. The van der Waals surface area contributed by atoms with Gasteiger partial charge in [-0.1, -0.05) is 54.6 Å². The maximum atomic E-state index is 12.3. The van der Waals surface area contributed by atoms with Crippen LogP contribution in [-0.2, 0) is 16.0 Å². The van der Waals surface area contributed by atoms with E-state index in [1.54, 1.807) is 12.3 Å². The van der Waals surface area contributed by atoms with Gasteiger partial charge in [-0.05, 0) is 47.2 Å². The predicted molar refractivity (Wildman–Crippen MR) is 112 cm³/mol. The zero-order valence-electron chi connectivity index (χ0n) is 16.3. The van der Waals surface area contributed by atoms with E-state index in [0.717, 1.165) is 27.9 Å². The van der Waals surface area contributed by atoms with Gasteiger partial charge in [-0.15, -0.1) is 0 Å². The molecule has 152 valence electrons. The summed E-state index contributed by atoms with van der Waals surface area (Å²) in [5.41, 5.74) is 5.27. The zero-order valence-corrected chi connectivity index (χ0v) is 16.3. The number of fused-ring (bicyclic) bond motifs is 3. The number of carbonyl (C=O) groups is 2. The van der Waals surface area contributed by atoms with Crippen molar-refractivity contribution in [1.29, 1.82) is 0 Å². The summed E-state index contributed by atoms with van der Waals surface area (Å²) in [6, 6.07) is 20.5. The van der Waals surface area contributed by atoms with Gasteiger partial charge in [0.1, 0.15) is 12.6 Å². The number of aryl methyl sites for hydroxylation is 1. The number of ether oxygens (including phenoxy) is 1. The molecular formula is C24H22N2O4. The van der Waals surface area contributed by atoms with Crippen LogP contribution >= 0.6 is 0 Å². The molecule has 0 saturated heterocycles. The quantitative estimate of drug-likeness (QED) is 0.623. The van der Waals surface area contributed by atoms with Crippen molar-refractivity contribution in [2.75, 3.05) is 6.61 Å². The van der Waals surface area contributed by atoms with E-state index in [0.29, 0.717) is 6.42 Å². The normalized spacial score (nSPS) is 13.2. The topological polar surface area (TPSA) is 88.5 Å². The molecule has 0 unspecified atom stereocenters. The number of nitrogens with one attached hydrogen (secondary N) is 1. The van der Waals surface area contributed by atoms with Crippen molar-refractivity contribution >= 4 is 12.1 Å². The second kappa shape index (κ2) is 8.78. The van der Waals surface area contributed by atoms with Gasteiger partial charge in [-0.3, -0.25) is 4.98 Å². The number of rotatable bonds is 7. The smallest absolute Gasteiger partial charge is 0.407 e. The van der Waals surface area contributed by atoms with Crippen LogP contribution in [0, 0.1) is 0 Å². The van der Waals surface area contributed by atoms with Crippen LogP contribution in [0.2, 0.25) is 0 Å². The SMILES string of the molecule is O=C(N[C@H](CCc1ccccn1)C(=O)O)OCC1c2ccccc2-c2ccccc21. The molecule has 1 heterocycles. The predicted octanol–water partition coefficient (Wildman–Crippen LogP) is 4.01. The lowest BCUT2D eigenvalue weighted by Gasteiger charge is -2.17. The first kappa shape index (κ1) is 19.6. The standard InChI is InChI=1S/C24H22N2O4/c27-23(28)22(13-12-16-7-5-6-14-25-16)26-24(29)30-15-21-19-10-3-1-8-17(19)18-9-2-4-11-20(18)21/h1-11,14,21-22H,12-13,15H2,(H,26,29)(H,27,28)/t22-/m1/s1. The number of carboxylic acid groups (broad SMARTS) is 1. The average Bonchev–Trinajstić information content (AvgIpc) is 3.09. The zero-order chi connectivity index (χ0) is 20.9. The van der Waals surface area contributed by atoms with Crippen molar-refractivity contribution in [2.45, 2.75) is 24.8 Å². The van der Waals surface area contributed by atoms with E-state index in [2.05, 4.69) is 22.4 Å². The highest BCUT2D eigenvalue weighted by Crippen LogP contribution is 2.44. The minimum Gasteiger partial charge on any atom is -0.480 e. The van der Waals surface area contributed by atoms with Crippen molar-refractivity contribution in [2.24, 2.45) is 0 Å². The Bertz CT molecular complexity index is 1010. The van der Waals surface area contributed by atoms with E-state index in [9.17, 15) is 14.7 Å². The molecule has 4 rings (SSSR count). The van der Waals surface area contributed by atoms with E-state index < -0.39 is 18.1 Å². The highest BCUT2D eigenvalue weighted by atomic mass is 16.5. The summed E-state index contributed by atoms with van der Waals surface area (Å²) in [5.74, 6) is -1.17. The van der Waals surface area contributed by atoms with Gasteiger partial charge in [0.15, 0.2) is 0 Å². The summed E-state index contributed by atoms with van der Waals surface area (Å²) in [7, 11) is 0. The fourth-order valence-corrected chi connectivity index (χ4v) is 3.88. The van der Waals surface area contributed by atoms with Gasteiger partial charge < -0.3 is 15.2 Å². The molecule has 6 heteroatoms. The monoisotopic (exact) mass is 402 g/mol. The Balaban J connectivity index is 1.38. The summed E-state index contributed by atoms with van der Waals surface area (Å²) >= 11 is 0. The number of carbonyl (C=O) groups excluding carboxylic acids is 1. The van der Waals surface area contributed by atoms with Crippen LogP contribution in [0.5, 0.6) is 0 Å². The first-order valence-electron chi connectivity index (χ1n) is 9.87. The second-order valence-electron chi connectivity index (χ2n) is 7.22. The van der Waals surface area contributed by atoms with Crippen molar-refractivity contribution < 1.29 is 19.4 Å². The van der Waals surface area contributed by atoms with E-state index in [1.165, 1.54) is 0 Å². The molecule has 0 saturated carbocycles. The third-order valence-corrected chi connectivity index (χ3v) is 5.35. The fraction of sp³-hybridized carbons (Fsp3) is 0.208. The number of aliphatic carboxylic acids is 1. The number of carboxylic acids is 1. The molecule has 0 fully saturated rings. The van der Waals surface area contributed by atoms with Gasteiger partial charge in [0.25, 0.3) is 0 Å². The van der Waals surface area contributed by atoms with Gasteiger partial charge in [-0.2, -0.15) is 0 Å². The van der Waals surface area contributed by atoms with Gasteiger partial charge in [0.05, 0.1) is 0 Å². The van der Waals surface area contributed by atoms with E-state index in [-0.39, 0.29) is 18.9 Å². The fourth-order valence-electron chi connectivity index (χ4n) is 3.88. The van der Waals surface area contributed by atoms with E-state index in [1.807, 2.05) is 48.5 Å². The molecule has 1 amide bonds. The molecule has 3 aromatic rings. The Morgan fingerprint density at radius 3 is 2.20 bits per heavy atom. The molecule has 2 N–H and O–H groups in total. The Kier molecular flexibility index (Phi) is 5.75. The number of nitrogens with zero attached hydrogens (tertiary/aromatic N) is 1. The lowest BCUT2D eigenvalue weighted by Crippen LogP contribution is -2.41. The van der Waals surface area contributed by atoms with Crippen LogP contribution in [0.25, 0.3) is 11.1 Å². The molecule has 0 radical (unpaired) electrons. The number of pyridine rings is 1. The van der Waals surface area contributed by atoms with Crippen LogP contribution in [0.15, 0.2) is 72.9 Å². The van der Waals surface area contributed by atoms with Crippen molar-refractivity contribution in [3.63, 3.8) is 0 Å². The highest BCUT2D eigenvalue weighted by Gasteiger charge is 2.29. The number of hydrogen-bond acceptors (Lipinski definition) is 4. The summed E-state index contributed by atoms with van der Waals surface area (Å²) in [6.45, 7) is 0.145. The first-order valence-corrected chi connectivity index (χ1v) is 9.87. The molecule has 0 bridgehead atoms. The minimum absolute atomic E-state index is 0.0695. The van der Waals surface area contributed by atoms with Crippen LogP contribution in [0.3, 0.4) is 0 Å². The molecule has 1 aromatic heterocycles. The lowest BCUT2D eigenvalue weighted by molar-refractivity contribution is -0.139. The third kappa shape index (κ3) is 4.17. The van der Waals surface area contributed by atoms with Crippen LogP contribution in [0.1, 0.15) is 29.2 Å². The van der Waals surface area contributed by atoms with Gasteiger partial charge >= 0.3 is 12.1 Å². The molecule has 1 aliphatic carbocycles. The summed E-state index contributed by atoms with van der Waals surface area (Å²) in [5, 5.41) is 11.9. The summed E-state index contributed by atoms with van der Waals surface area (Å²) in [4.78, 5) is 28.1. The van der Waals surface area contributed by atoms with Crippen molar-refractivity contribution in [3.05, 3.63) is 89.7 Å². The van der Waals surface area contributed by atoms with E-state index in [4.69, 9.17) is 4.74 Å². The molecule has 30 heavy (non-hydrogen) atoms. The van der Waals surface area contributed by atoms with Gasteiger partial charge in [-0.25, -0.2) is 9.59 Å². The maximum Gasteiger partial charge on any atom is 0.407 e. The van der Waals surface area contributed by atoms with Crippen LogP contribution in [-0.4, -0.2) is 34.8 Å². The number of alkyl carbamates (subject to hydrolysis) is 1. The summed E-state index contributed by atoms with van der Waals surface area (Å²) in [6.07, 6.45) is 1.60. The van der Waals surface area contributed by atoms with Crippen molar-refractivity contribution in [3.8, 4) is 11.1 Å². The van der Waals surface area contributed by atoms with Gasteiger partial charge in [0, 0.05) is 17.8 Å². The average molecular weight is 402 g/mol. The third-order valence-electron chi connectivity index (χ3n) is 5.35. The number of amides is 1. The first-order chi connectivity index (χ1) is 14.6. The number of hydrogen-bond donors (Lipinski definition) is 2. The molecule has 1 atom stereocenters. The minimum atomic E-state index is -1.10. The van der Waals surface area contributed by atoms with Crippen LogP contribution in [0.4, 0.5) is 4.79 Å². The Labute approximate surface area is 174 Å². The molecule has 0 aliphatic heterocycles. The Hall–Kier alpha value is -3.67. The molecular weight excluding hydrogens is 380 g/mol. The summed E-state index contributed by atoms with van der Waals surface area (Å²) < 4.78 is 5.44. The highest BCUT2D eigenvalue weighted by molar-refractivity contribution is 5.81. The molecule has 1 aliphatic rings. The Morgan fingerprint density at radius 1 is 0.967 bits per heavy atom. The molecule has 2 aromatic carbocycles. The number of benzene rings is 2. The maximum absolute atomic E-state index is 12.3. The largest absolute Gasteiger partial charge is 0.480 e. The lowest BCUT2D eigenvalue weighted by atomic mass is 9.98. The number of aromatic nitrogens is 1. The molecule has 0 spiro atoms.